The third-order valence-corrected chi connectivity index (χ3v) is 5.12. The summed E-state index contributed by atoms with van der Waals surface area (Å²) in [6.07, 6.45) is 4.82. The maximum Gasteiger partial charge on any atom is 0.220 e. The zero-order chi connectivity index (χ0) is 16.7. The van der Waals surface area contributed by atoms with Crippen molar-refractivity contribution >= 4 is 5.91 Å². The van der Waals surface area contributed by atoms with Gasteiger partial charge in [-0.2, -0.15) is 0 Å². The highest BCUT2D eigenvalue weighted by Gasteiger charge is 2.23. The molecule has 2 rings (SSSR count). The molecule has 0 saturated carbocycles. The van der Waals surface area contributed by atoms with Gasteiger partial charge in [0.2, 0.25) is 5.91 Å². The summed E-state index contributed by atoms with van der Waals surface area (Å²) in [6, 6.07) is 0. The fraction of sp³-hybridized carbons (Fsp3) is 0.944. The van der Waals surface area contributed by atoms with Crippen molar-refractivity contribution in [2.75, 3.05) is 39.3 Å². The molecule has 4 unspecified atom stereocenters. The van der Waals surface area contributed by atoms with E-state index in [2.05, 4.69) is 36.3 Å². The number of ether oxygens (including phenoxy) is 1. The summed E-state index contributed by atoms with van der Waals surface area (Å²) < 4.78 is 5.75. The van der Waals surface area contributed by atoms with Crippen LogP contribution in [0.4, 0.5) is 0 Å². The molecule has 2 aliphatic rings. The Morgan fingerprint density at radius 1 is 1.35 bits per heavy atom. The molecule has 0 radical (unpaired) electrons. The molecule has 2 N–H and O–H groups in total. The van der Waals surface area contributed by atoms with E-state index in [9.17, 15) is 4.79 Å². The molecule has 2 aliphatic heterocycles. The monoisotopic (exact) mass is 325 g/mol. The quantitative estimate of drug-likeness (QED) is 0.699. The Hall–Kier alpha value is -0.650. The average Bonchev–Trinajstić information content (AvgIpc) is 2.51. The SMILES string of the molecule is CC1CN(CCCNC(=O)CC(C)C2CCCNC2)CC(C)O1. The van der Waals surface area contributed by atoms with Gasteiger partial charge in [0.25, 0.3) is 0 Å². The minimum absolute atomic E-state index is 0.215. The summed E-state index contributed by atoms with van der Waals surface area (Å²) in [7, 11) is 0. The van der Waals surface area contributed by atoms with Gasteiger partial charge in [-0.05, 0) is 58.0 Å². The van der Waals surface area contributed by atoms with Gasteiger partial charge in [0.15, 0.2) is 0 Å². The summed E-state index contributed by atoms with van der Waals surface area (Å²) in [5, 5.41) is 6.53. The van der Waals surface area contributed by atoms with Gasteiger partial charge < -0.3 is 15.4 Å². The molecule has 2 saturated heterocycles. The molecule has 5 nitrogen and oxygen atoms in total. The van der Waals surface area contributed by atoms with E-state index in [4.69, 9.17) is 4.74 Å². The van der Waals surface area contributed by atoms with Crippen molar-refractivity contribution in [2.24, 2.45) is 11.8 Å². The molecule has 134 valence electrons. The van der Waals surface area contributed by atoms with Crippen molar-refractivity contribution < 1.29 is 9.53 Å². The molecule has 2 heterocycles. The van der Waals surface area contributed by atoms with E-state index in [1.165, 1.54) is 12.8 Å². The minimum atomic E-state index is 0.215. The lowest BCUT2D eigenvalue weighted by Gasteiger charge is -2.35. The van der Waals surface area contributed by atoms with Crippen molar-refractivity contribution in [3.8, 4) is 0 Å². The highest BCUT2D eigenvalue weighted by Crippen LogP contribution is 2.22. The lowest BCUT2D eigenvalue weighted by atomic mass is 9.85. The number of hydrogen-bond donors (Lipinski definition) is 2. The number of carbonyl (C=O) groups is 1. The predicted molar refractivity (Wildman–Crippen MR) is 93.5 cm³/mol. The van der Waals surface area contributed by atoms with Crippen molar-refractivity contribution in [1.29, 1.82) is 0 Å². The van der Waals surface area contributed by atoms with Gasteiger partial charge in [-0.1, -0.05) is 6.92 Å². The van der Waals surface area contributed by atoms with E-state index in [1.54, 1.807) is 0 Å². The zero-order valence-electron chi connectivity index (χ0n) is 15.1. The Labute approximate surface area is 141 Å². The molecule has 5 heteroatoms. The molecular weight excluding hydrogens is 290 g/mol. The number of amides is 1. The van der Waals surface area contributed by atoms with Gasteiger partial charge in [0, 0.05) is 32.6 Å². The first-order valence-corrected chi connectivity index (χ1v) is 9.40. The number of rotatable bonds is 7. The van der Waals surface area contributed by atoms with Crippen LogP contribution in [0.1, 0.15) is 46.5 Å². The summed E-state index contributed by atoms with van der Waals surface area (Å²) in [5.74, 6) is 1.35. The fourth-order valence-electron chi connectivity index (χ4n) is 3.89. The lowest BCUT2D eigenvalue weighted by molar-refractivity contribution is -0.122. The van der Waals surface area contributed by atoms with Crippen LogP contribution in [0.2, 0.25) is 0 Å². The van der Waals surface area contributed by atoms with Crippen LogP contribution in [0.5, 0.6) is 0 Å². The van der Waals surface area contributed by atoms with Crippen molar-refractivity contribution in [2.45, 2.75) is 58.7 Å². The summed E-state index contributed by atoms with van der Waals surface area (Å²) in [5.41, 5.74) is 0. The Morgan fingerprint density at radius 2 is 2.09 bits per heavy atom. The maximum absolute atomic E-state index is 12.1. The number of morpholine rings is 1. The third-order valence-electron chi connectivity index (χ3n) is 5.12. The van der Waals surface area contributed by atoms with Crippen LogP contribution >= 0.6 is 0 Å². The van der Waals surface area contributed by atoms with Crippen molar-refractivity contribution in [1.82, 2.24) is 15.5 Å². The number of nitrogens with one attached hydrogen (secondary N) is 2. The Kier molecular flexibility index (Phi) is 7.80. The molecule has 1 amide bonds. The van der Waals surface area contributed by atoms with E-state index in [-0.39, 0.29) is 5.91 Å². The van der Waals surface area contributed by atoms with E-state index < -0.39 is 0 Å². The van der Waals surface area contributed by atoms with Crippen LogP contribution in [-0.2, 0) is 9.53 Å². The van der Waals surface area contributed by atoms with Crippen LogP contribution in [0.3, 0.4) is 0 Å². The number of carbonyl (C=O) groups excluding carboxylic acids is 1. The highest BCUT2D eigenvalue weighted by atomic mass is 16.5. The Balaban J connectivity index is 1.55. The predicted octanol–water partition coefficient (Wildman–Crippen LogP) is 1.63. The second kappa shape index (κ2) is 9.60. The van der Waals surface area contributed by atoms with Gasteiger partial charge in [-0.15, -0.1) is 0 Å². The summed E-state index contributed by atoms with van der Waals surface area (Å²) >= 11 is 0. The second-order valence-electron chi connectivity index (χ2n) is 7.51. The number of hydrogen-bond acceptors (Lipinski definition) is 4. The normalized spacial score (nSPS) is 30.8. The minimum Gasteiger partial charge on any atom is -0.373 e. The third kappa shape index (κ3) is 6.77. The smallest absolute Gasteiger partial charge is 0.220 e. The Morgan fingerprint density at radius 3 is 2.74 bits per heavy atom. The zero-order valence-corrected chi connectivity index (χ0v) is 15.1. The van der Waals surface area contributed by atoms with Gasteiger partial charge in [-0.3, -0.25) is 9.69 Å². The first-order valence-electron chi connectivity index (χ1n) is 9.40. The van der Waals surface area contributed by atoms with E-state index >= 15 is 0 Å². The molecule has 23 heavy (non-hydrogen) atoms. The molecule has 0 aromatic heterocycles. The molecule has 0 aromatic carbocycles. The average molecular weight is 325 g/mol. The van der Waals surface area contributed by atoms with Crippen molar-refractivity contribution in [3.05, 3.63) is 0 Å². The van der Waals surface area contributed by atoms with Gasteiger partial charge in [0.05, 0.1) is 12.2 Å². The fourth-order valence-corrected chi connectivity index (χ4v) is 3.89. The topological polar surface area (TPSA) is 53.6 Å². The largest absolute Gasteiger partial charge is 0.373 e. The number of piperidine rings is 1. The molecule has 0 spiro atoms. The van der Waals surface area contributed by atoms with Crippen LogP contribution < -0.4 is 10.6 Å². The molecule has 2 fully saturated rings. The van der Waals surface area contributed by atoms with Crippen LogP contribution in [0.25, 0.3) is 0 Å². The Bertz CT molecular complexity index is 348. The lowest BCUT2D eigenvalue weighted by Crippen LogP contribution is -2.46. The molecule has 0 aliphatic carbocycles. The van der Waals surface area contributed by atoms with Crippen molar-refractivity contribution in [3.63, 3.8) is 0 Å². The van der Waals surface area contributed by atoms with Gasteiger partial charge in [-0.25, -0.2) is 0 Å². The molecular formula is C18H35N3O2. The summed E-state index contributed by atoms with van der Waals surface area (Å²) in [6.45, 7) is 12.5. The van der Waals surface area contributed by atoms with E-state index in [0.29, 0.717) is 30.5 Å². The van der Waals surface area contributed by atoms with Gasteiger partial charge in [0.1, 0.15) is 0 Å². The molecule has 0 bridgehead atoms. The summed E-state index contributed by atoms with van der Waals surface area (Å²) in [4.78, 5) is 14.5. The first kappa shape index (κ1) is 18.7. The second-order valence-corrected chi connectivity index (χ2v) is 7.51. The molecule has 0 aromatic rings. The maximum atomic E-state index is 12.1. The van der Waals surface area contributed by atoms with Crippen LogP contribution in [0.15, 0.2) is 0 Å². The first-order chi connectivity index (χ1) is 11.0. The van der Waals surface area contributed by atoms with Gasteiger partial charge >= 0.3 is 0 Å². The number of nitrogens with zero attached hydrogens (tertiary/aromatic N) is 1. The van der Waals surface area contributed by atoms with E-state index in [1.807, 2.05) is 0 Å². The highest BCUT2D eigenvalue weighted by molar-refractivity contribution is 5.76. The van der Waals surface area contributed by atoms with Crippen LogP contribution in [0, 0.1) is 11.8 Å². The van der Waals surface area contributed by atoms with Crippen LogP contribution in [-0.4, -0.2) is 62.3 Å². The molecule has 4 atom stereocenters. The standard InChI is InChI=1S/C18H35N3O2/c1-14(17-6-4-7-19-11-17)10-18(22)20-8-5-9-21-12-15(2)23-16(3)13-21/h14-17,19H,4-13H2,1-3H3,(H,20,22). The van der Waals surface area contributed by atoms with E-state index in [0.717, 1.165) is 45.7 Å².